The summed E-state index contributed by atoms with van der Waals surface area (Å²) < 4.78 is 36.9. The Bertz CT molecular complexity index is 529. The molecule has 0 radical (unpaired) electrons. The van der Waals surface area contributed by atoms with Crippen molar-refractivity contribution in [3.05, 3.63) is 29.3 Å². The molecule has 0 fully saturated rings. The number of carbonyl (C=O) groups is 2. The highest BCUT2D eigenvalue weighted by atomic mass is 79.9. The average molecular weight is 371 g/mol. The second kappa shape index (κ2) is 6.62. The Morgan fingerprint density at radius 3 is 2.45 bits per heavy atom. The van der Waals surface area contributed by atoms with E-state index in [0.29, 0.717) is 0 Å². The van der Waals surface area contributed by atoms with Crippen LogP contribution >= 0.6 is 27.7 Å². The first-order valence-corrected chi connectivity index (χ1v) is 7.12. The number of aliphatic carboxylic acids is 1. The standard InChI is InChI=1S/C12H10BrF3O3S/c1-6(13)11(19)9-3-2-8(20-12(14,15)16)4-7(9)5-10(17)18/h2-4,6H,5H2,1H3,(H,17,18). The molecule has 20 heavy (non-hydrogen) atoms. The van der Waals surface area contributed by atoms with Crippen molar-refractivity contribution < 1.29 is 27.9 Å². The largest absolute Gasteiger partial charge is 0.481 e. The number of thioether (sulfide) groups is 1. The summed E-state index contributed by atoms with van der Waals surface area (Å²) in [7, 11) is 0. The number of alkyl halides is 4. The maximum Gasteiger partial charge on any atom is 0.446 e. The summed E-state index contributed by atoms with van der Waals surface area (Å²) in [5.74, 6) is -1.58. The van der Waals surface area contributed by atoms with Crippen LogP contribution in [0.3, 0.4) is 0 Å². The van der Waals surface area contributed by atoms with Crippen LogP contribution in [0.2, 0.25) is 0 Å². The van der Waals surface area contributed by atoms with E-state index in [1.807, 2.05) is 0 Å². The van der Waals surface area contributed by atoms with Crippen LogP contribution in [0.15, 0.2) is 23.1 Å². The molecule has 0 heterocycles. The zero-order valence-electron chi connectivity index (χ0n) is 10.2. The summed E-state index contributed by atoms with van der Waals surface area (Å²) in [5.41, 5.74) is -4.28. The minimum absolute atomic E-state index is 0.0723. The molecule has 0 saturated carbocycles. The molecule has 1 N–H and O–H groups in total. The summed E-state index contributed by atoms with van der Waals surface area (Å²) in [5, 5.41) is 8.78. The van der Waals surface area contributed by atoms with Gasteiger partial charge in [0.2, 0.25) is 0 Å². The van der Waals surface area contributed by atoms with Crippen molar-refractivity contribution in [2.75, 3.05) is 0 Å². The van der Waals surface area contributed by atoms with Crippen LogP contribution in [0.1, 0.15) is 22.8 Å². The number of carbonyl (C=O) groups excluding carboxylic acids is 1. The Kier molecular flexibility index (Phi) is 5.64. The highest BCUT2D eigenvalue weighted by Gasteiger charge is 2.30. The number of hydrogen-bond acceptors (Lipinski definition) is 3. The zero-order valence-corrected chi connectivity index (χ0v) is 12.6. The van der Waals surface area contributed by atoms with Gasteiger partial charge in [-0.25, -0.2) is 0 Å². The van der Waals surface area contributed by atoms with Crippen molar-refractivity contribution in [2.45, 2.75) is 28.6 Å². The SMILES string of the molecule is CC(Br)C(=O)c1ccc(SC(F)(F)F)cc1CC(=O)O. The molecule has 0 amide bonds. The molecule has 8 heteroatoms. The van der Waals surface area contributed by atoms with Crippen molar-refractivity contribution in [3.63, 3.8) is 0 Å². The molecule has 1 unspecified atom stereocenters. The number of carboxylic acid groups (broad SMARTS) is 1. The first kappa shape index (κ1) is 17.0. The van der Waals surface area contributed by atoms with Crippen LogP contribution in [0.5, 0.6) is 0 Å². The number of benzene rings is 1. The van der Waals surface area contributed by atoms with E-state index < -0.39 is 22.7 Å². The molecule has 0 spiro atoms. The monoisotopic (exact) mass is 370 g/mol. The lowest BCUT2D eigenvalue weighted by atomic mass is 10.00. The lowest BCUT2D eigenvalue weighted by molar-refractivity contribution is -0.136. The molecule has 110 valence electrons. The van der Waals surface area contributed by atoms with Gasteiger partial charge in [0.1, 0.15) is 0 Å². The second-order valence-corrected chi connectivity index (χ2v) is 6.43. The Morgan fingerprint density at radius 1 is 1.40 bits per heavy atom. The molecule has 0 aliphatic rings. The van der Waals surface area contributed by atoms with Gasteiger partial charge in [-0.2, -0.15) is 13.2 Å². The van der Waals surface area contributed by atoms with Gasteiger partial charge in [0.05, 0.1) is 11.2 Å². The van der Waals surface area contributed by atoms with Crippen molar-refractivity contribution in [1.29, 1.82) is 0 Å². The predicted octanol–water partition coefficient (Wildman–Crippen LogP) is 3.89. The molecule has 0 bridgehead atoms. The molecule has 0 aromatic heterocycles. The van der Waals surface area contributed by atoms with Gasteiger partial charge in [0, 0.05) is 10.5 Å². The third kappa shape index (κ3) is 5.16. The molecular formula is C12H10BrF3O3S. The molecule has 1 aromatic carbocycles. The molecule has 1 aromatic rings. The van der Waals surface area contributed by atoms with Gasteiger partial charge in [-0.15, -0.1) is 0 Å². The fraction of sp³-hybridized carbons (Fsp3) is 0.333. The number of Topliss-reactive ketones (excluding diaryl/α,β-unsaturated/α-hetero) is 1. The van der Waals surface area contributed by atoms with E-state index in [1.165, 1.54) is 6.07 Å². The van der Waals surface area contributed by atoms with E-state index in [4.69, 9.17) is 5.11 Å². The summed E-state index contributed by atoms with van der Waals surface area (Å²) in [6.07, 6.45) is -0.507. The van der Waals surface area contributed by atoms with E-state index in [1.54, 1.807) is 6.92 Å². The highest BCUT2D eigenvalue weighted by Crippen LogP contribution is 2.37. The van der Waals surface area contributed by atoms with E-state index in [0.717, 1.165) is 12.1 Å². The fourth-order valence-electron chi connectivity index (χ4n) is 1.53. The molecular weight excluding hydrogens is 361 g/mol. The second-order valence-electron chi connectivity index (χ2n) is 3.92. The minimum atomic E-state index is -4.46. The summed E-state index contributed by atoms with van der Waals surface area (Å²) >= 11 is 2.72. The number of carboxylic acids is 1. The van der Waals surface area contributed by atoms with Crippen LogP contribution in [0.25, 0.3) is 0 Å². The Morgan fingerprint density at radius 2 is 2.00 bits per heavy atom. The van der Waals surface area contributed by atoms with Crippen molar-refractivity contribution >= 4 is 39.4 Å². The van der Waals surface area contributed by atoms with Crippen LogP contribution in [0, 0.1) is 0 Å². The van der Waals surface area contributed by atoms with Gasteiger partial charge in [-0.05, 0) is 42.4 Å². The van der Waals surface area contributed by atoms with Gasteiger partial charge in [-0.3, -0.25) is 9.59 Å². The first-order valence-electron chi connectivity index (χ1n) is 5.39. The van der Waals surface area contributed by atoms with Gasteiger partial charge < -0.3 is 5.11 Å². The Balaban J connectivity index is 3.19. The number of rotatable bonds is 5. The van der Waals surface area contributed by atoms with Crippen molar-refractivity contribution in [1.82, 2.24) is 0 Å². The van der Waals surface area contributed by atoms with Gasteiger partial charge in [0.15, 0.2) is 5.78 Å². The molecule has 1 atom stereocenters. The van der Waals surface area contributed by atoms with Crippen LogP contribution in [0.4, 0.5) is 13.2 Å². The maximum absolute atomic E-state index is 12.3. The van der Waals surface area contributed by atoms with E-state index in [-0.39, 0.29) is 33.6 Å². The molecule has 1 rings (SSSR count). The van der Waals surface area contributed by atoms with Gasteiger partial charge in [0.25, 0.3) is 0 Å². The van der Waals surface area contributed by atoms with Crippen molar-refractivity contribution in [3.8, 4) is 0 Å². The third-order valence-corrected chi connectivity index (χ3v) is 3.42. The molecule has 3 nitrogen and oxygen atoms in total. The number of halogens is 4. The average Bonchev–Trinajstić information content (AvgIpc) is 2.25. The van der Waals surface area contributed by atoms with Gasteiger partial charge >= 0.3 is 11.5 Å². The summed E-state index contributed by atoms with van der Waals surface area (Å²) in [6.45, 7) is 1.56. The third-order valence-electron chi connectivity index (χ3n) is 2.28. The number of ketones is 1. The first-order chi connectivity index (χ1) is 9.10. The smallest absolute Gasteiger partial charge is 0.446 e. The topological polar surface area (TPSA) is 54.4 Å². The van der Waals surface area contributed by atoms with E-state index >= 15 is 0 Å². The van der Waals surface area contributed by atoms with Crippen LogP contribution < -0.4 is 0 Å². The molecule has 0 aliphatic carbocycles. The molecule has 0 aliphatic heterocycles. The van der Waals surface area contributed by atoms with Crippen LogP contribution in [-0.4, -0.2) is 27.2 Å². The van der Waals surface area contributed by atoms with Gasteiger partial charge in [-0.1, -0.05) is 15.9 Å². The quantitative estimate of drug-likeness (QED) is 0.485. The zero-order chi connectivity index (χ0) is 15.5. The highest BCUT2D eigenvalue weighted by molar-refractivity contribution is 9.10. The fourth-order valence-corrected chi connectivity index (χ4v) is 2.38. The predicted molar refractivity (Wildman–Crippen MR) is 72.4 cm³/mol. The number of hydrogen-bond donors (Lipinski definition) is 1. The normalized spacial score (nSPS) is 13.1. The lowest BCUT2D eigenvalue weighted by Gasteiger charge is -2.12. The van der Waals surface area contributed by atoms with Crippen LogP contribution in [-0.2, 0) is 11.2 Å². The minimum Gasteiger partial charge on any atom is -0.481 e. The van der Waals surface area contributed by atoms with E-state index in [2.05, 4.69) is 15.9 Å². The summed E-state index contributed by atoms with van der Waals surface area (Å²) in [6, 6.07) is 3.48. The maximum atomic E-state index is 12.3. The molecule has 0 saturated heterocycles. The Hall–Kier alpha value is -1.02. The Labute approximate surface area is 125 Å². The lowest BCUT2D eigenvalue weighted by Crippen LogP contribution is -2.15. The summed E-state index contributed by atoms with van der Waals surface area (Å²) in [4.78, 5) is 21.9. The van der Waals surface area contributed by atoms with Crippen molar-refractivity contribution in [2.24, 2.45) is 0 Å². The van der Waals surface area contributed by atoms with E-state index in [9.17, 15) is 22.8 Å².